The predicted octanol–water partition coefficient (Wildman–Crippen LogP) is 2.56. The molecule has 4 heteroatoms. The Morgan fingerprint density at radius 2 is 1.95 bits per heavy atom. The van der Waals surface area contributed by atoms with Gasteiger partial charge in [0.05, 0.1) is 5.92 Å². The summed E-state index contributed by atoms with van der Waals surface area (Å²) >= 11 is 5.80. The zero-order valence-corrected chi connectivity index (χ0v) is 12.9. The number of alkyl halides is 1. The minimum atomic E-state index is -0.0595. The second kappa shape index (κ2) is 7.65. The van der Waals surface area contributed by atoms with Crippen molar-refractivity contribution >= 4 is 17.5 Å². The van der Waals surface area contributed by atoms with Crippen molar-refractivity contribution in [2.24, 2.45) is 0 Å². The summed E-state index contributed by atoms with van der Waals surface area (Å²) in [7, 11) is 0. The molecule has 0 spiro atoms. The summed E-state index contributed by atoms with van der Waals surface area (Å²) in [5.74, 6) is 0.841. The second-order valence-electron chi connectivity index (χ2n) is 5.34. The van der Waals surface area contributed by atoms with Crippen LogP contribution in [-0.4, -0.2) is 54.3 Å². The van der Waals surface area contributed by atoms with Crippen LogP contribution in [0.5, 0.6) is 0 Å². The zero-order valence-electron chi connectivity index (χ0n) is 12.1. The summed E-state index contributed by atoms with van der Waals surface area (Å²) in [6.45, 7) is 6.55. The van der Waals surface area contributed by atoms with Crippen LogP contribution in [0.1, 0.15) is 24.8 Å². The van der Waals surface area contributed by atoms with Crippen LogP contribution in [0.25, 0.3) is 0 Å². The fraction of sp³-hybridized carbons (Fsp3) is 0.562. The van der Waals surface area contributed by atoms with Crippen molar-refractivity contribution in [1.82, 2.24) is 9.80 Å². The number of rotatable bonds is 4. The lowest BCUT2D eigenvalue weighted by Crippen LogP contribution is -2.37. The van der Waals surface area contributed by atoms with E-state index in [0.717, 1.165) is 44.7 Å². The van der Waals surface area contributed by atoms with Gasteiger partial charge in [0.1, 0.15) is 0 Å². The number of hydrogen-bond acceptors (Lipinski definition) is 2. The highest BCUT2D eigenvalue weighted by Gasteiger charge is 2.23. The van der Waals surface area contributed by atoms with Gasteiger partial charge in [0.25, 0.3) is 0 Å². The van der Waals surface area contributed by atoms with Gasteiger partial charge in [0, 0.05) is 32.1 Å². The van der Waals surface area contributed by atoms with Crippen molar-refractivity contribution < 1.29 is 4.79 Å². The van der Waals surface area contributed by atoms with Crippen molar-refractivity contribution in [1.29, 1.82) is 0 Å². The van der Waals surface area contributed by atoms with Crippen molar-refractivity contribution in [2.75, 3.05) is 38.6 Å². The van der Waals surface area contributed by atoms with Crippen molar-refractivity contribution in [2.45, 2.75) is 19.3 Å². The van der Waals surface area contributed by atoms with Crippen LogP contribution in [0.15, 0.2) is 30.3 Å². The molecular weight excluding hydrogens is 272 g/mol. The standard InChI is InChI=1S/C16H23ClN2O/c1-14(15-6-3-2-4-7-15)16(20)19-10-5-9-18(11-8-17)12-13-19/h2-4,6-7,14H,5,8-13H2,1H3. The first-order chi connectivity index (χ1) is 9.72. The zero-order chi connectivity index (χ0) is 14.4. The van der Waals surface area contributed by atoms with Crippen LogP contribution in [0.3, 0.4) is 0 Å². The molecular formula is C16H23ClN2O. The maximum absolute atomic E-state index is 12.6. The van der Waals surface area contributed by atoms with E-state index in [9.17, 15) is 4.79 Å². The molecule has 0 bridgehead atoms. The number of hydrogen-bond donors (Lipinski definition) is 0. The molecule has 1 aliphatic rings. The molecule has 0 radical (unpaired) electrons. The average molecular weight is 295 g/mol. The van der Waals surface area contributed by atoms with Crippen LogP contribution >= 0.6 is 11.6 Å². The van der Waals surface area contributed by atoms with Gasteiger partial charge in [-0.15, -0.1) is 11.6 Å². The molecule has 2 rings (SSSR count). The number of benzene rings is 1. The van der Waals surface area contributed by atoms with E-state index in [4.69, 9.17) is 11.6 Å². The Morgan fingerprint density at radius 3 is 2.65 bits per heavy atom. The third-order valence-electron chi connectivity index (χ3n) is 3.97. The normalized spacial score (nSPS) is 18.6. The Kier molecular flexibility index (Phi) is 5.86. The molecule has 110 valence electrons. The van der Waals surface area contributed by atoms with Crippen LogP contribution in [0, 0.1) is 0 Å². The van der Waals surface area contributed by atoms with E-state index >= 15 is 0 Å². The summed E-state index contributed by atoms with van der Waals surface area (Å²) in [5.41, 5.74) is 1.10. The minimum Gasteiger partial charge on any atom is -0.341 e. The predicted molar refractivity (Wildman–Crippen MR) is 83.2 cm³/mol. The molecule has 1 aromatic carbocycles. The van der Waals surface area contributed by atoms with Gasteiger partial charge >= 0.3 is 0 Å². The minimum absolute atomic E-state index is 0.0595. The van der Waals surface area contributed by atoms with E-state index in [2.05, 4.69) is 4.90 Å². The first-order valence-electron chi connectivity index (χ1n) is 7.34. The number of carbonyl (C=O) groups excluding carboxylic acids is 1. The molecule has 0 aromatic heterocycles. The highest BCUT2D eigenvalue weighted by molar-refractivity contribution is 6.18. The van der Waals surface area contributed by atoms with E-state index in [1.807, 2.05) is 42.2 Å². The third kappa shape index (κ3) is 3.97. The van der Waals surface area contributed by atoms with E-state index in [0.29, 0.717) is 5.88 Å². The van der Waals surface area contributed by atoms with Gasteiger partial charge in [0.15, 0.2) is 0 Å². The molecule has 1 fully saturated rings. The first-order valence-corrected chi connectivity index (χ1v) is 7.88. The first kappa shape index (κ1) is 15.3. The number of nitrogens with zero attached hydrogens (tertiary/aromatic N) is 2. The molecule has 1 aromatic rings. The van der Waals surface area contributed by atoms with Gasteiger partial charge in [-0.25, -0.2) is 0 Å². The molecule has 1 unspecified atom stereocenters. The summed E-state index contributed by atoms with van der Waals surface area (Å²) in [6, 6.07) is 10.0. The SMILES string of the molecule is CC(C(=O)N1CCCN(CCCl)CC1)c1ccccc1. The van der Waals surface area contributed by atoms with Crippen LogP contribution in [0.2, 0.25) is 0 Å². The third-order valence-corrected chi connectivity index (χ3v) is 4.14. The van der Waals surface area contributed by atoms with Crippen molar-refractivity contribution in [3.8, 4) is 0 Å². The molecule has 1 heterocycles. The summed E-state index contributed by atoms with van der Waals surface area (Å²) in [4.78, 5) is 16.9. The maximum Gasteiger partial charge on any atom is 0.229 e. The molecule has 20 heavy (non-hydrogen) atoms. The van der Waals surface area contributed by atoms with Gasteiger partial charge in [-0.05, 0) is 25.5 Å². The topological polar surface area (TPSA) is 23.6 Å². The van der Waals surface area contributed by atoms with Gasteiger partial charge in [0.2, 0.25) is 5.91 Å². The molecule has 1 atom stereocenters. The smallest absolute Gasteiger partial charge is 0.229 e. The molecule has 1 saturated heterocycles. The molecule has 1 aliphatic heterocycles. The Balaban J connectivity index is 1.95. The second-order valence-corrected chi connectivity index (χ2v) is 5.72. The lowest BCUT2D eigenvalue weighted by atomic mass is 10.00. The summed E-state index contributed by atoms with van der Waals surface area (Å²) in [6.07, 6.45) is 1.03. The lowest BCUT2D eigenvalue weighted by molar-refractivity contribution is -0.132. The largest absolute Gasteiger partial charge is 0.341 e. The Labute approximate surface area is 126 Å². The monoisotopic (exact) mass is 294 g/mol. The van der Waals surface area contributed by atoms with Gasteiger partial charge in [-0.3, -0.25) is 4.79 Å². The molecule has 0 saturated carbocycles. The summed E-state index contributed by atoms with van der Waals surface area (Å²) in [5, 5.41) is 0. The Hall–Kier alpha value is -1.06. The van der Waals surface area contributed by atoms with E-state index in [-0.39, 0.29) is 11.8 Å². The van der Waals surface area contributed by atoms with E-state index in [1.165, 1.54) is 0 Å². The van der Waals surface area contributed by atoms with Crippen LogP contribution in [0.4, 0.5) is 0 Å². The average Bonchev–Trinajstić information content (AvgIpc) is 2.73. The fourth-order valence-corrected chi connectivity index (χ4v) is 2.93. The van der Waals surface area contributed by atoms with Crippen LogP contribution in [-0.2, 0) is 4.79 Å². The molecule has 3 nitrogen and oxygen atoms in total. The fourth-order valence-electron chi connectivity index (χ4n) is 2.69. The quantitative estimate of drug-likeness (QED) is 0.797. The van der Waals surface area contributed by atoms with Gasteiger partial charge in [-0.2, -0.15) is 0 Å². The number of halogens is 1. The molecule has 0 N–H and O–H groups in total. The highest BCUT2D eigenvalue weighted by atomic mass is 35.5. The maximum atomic E-state index is 12.6. The van der Waals surface area contributed by atoms with E-state index in [1.54, 1.807) is 0 Å². The molecule has 0 aliphatic carbocycles. The summed E-state index contributed by atoms with van der Waals surface area (Å²) < 4.78 is 0. The number of carbonyl (C=O) groups is 1. The lowest BCUT2D eigenvalue weighted by Gasteiger charge is -2.24. The Bertz CT molecular complexity index is 424. The molecule has 1 amide bonds. The van der Waals surface area contributed by atoms with Gasteiger partial charge < -0.3 is 9.80 Å². The highest BCUT2D eigenvalue weighted by Crippen LogP contribution is 2.18. The number of amides is 1. The van der Waals surface area contributed by atoms with Crippen molar-refractivity contribution in [3.05, 3.63) is 35.9 Å². The van der Waals surface area contributed by atoms with Crippen molar-refractivity contribution in [3.63, 3.8) is 0 Å². The van der Waals surface area contributed by atoms with E-state index < -0.39 is 0 Å². The van der Waals surface area contributed by atoms with Crippen LogP contribution < -0.4 is 0 Å². The Morgan fingerprint density at radius 1 is 1.20 bits per heavy atom. The van der Waals surface area contributed by atoms with Gasteiger partial charge in [-0.1, -0.05) is 30.3 Å².